The highest BCUT2D eigenvalue weighted by Crippen LogP contribution is 2.16. The van der Waals surface area contributed by atoms with Crippen molar-refractivity contribution in [3.05, 3.63) is 41.1 Å². The molecule has 8 nitrogen and oxygen atoms in total. The molecule has 2 rings (SSSR count). The normalized spacial score (nSPS) is 11.1. The third kappa shape index (κ3) is 7.37. The predicted octanol–water partition coefficient (Wildman–Crippen LogP) is 2.12. The summed E-state index contributed by atoms with van der Waals surface area (Å²) in [5.74, 6) is 1.50. The molecule has 9 heteroatoms. The van der Waals surface area contributed by atoms with Crippen molar-refractivity contribution in [2.75, 3.05) is 27.2 Å². The van der Waals surface area contributed by atoms with Crippen molar-refractivity contribution in [2.45, 2.75) is 39.7 Å². The van der Waals surface area contributed by atoms with Crippen LogP contribution >= 0.6 is 24.0 Å². The number of carbonyl (C=O) groups excluding carboxylic acids is 1. The summed E-state index contributed by atoms with van der Waals surface area (Å²) in [6.45, 7) is 5.59. The van der Waals surface area contributed by atoms with E-state index >= 15 is 0 Å². The molecular weight excluding hydrogens is 483 g/mol. The summed E-state index contributed by atoms with van der Waals surface area (Å²) >= 11 is 0. The lowest BCUT2D eigenvalue weighted by Gasteiger charge is -2.15. The summed E-state index contributed by atoms with van der Waals surface area (Å²) in [6, 6.07) is 3.82. The molecular formula is C20H33IN6O2. The van der Waals surface area contributed by atoms with Crippen molar-refractivity contribution in [3.63, 3.8) is 0 Å². The zero-order chi connectivity index (χ0) is 20.5. The fourth-order valence-electron chi connectivity index (χ4n) is 2.98. The summed E-state index contributed by atoms with van der Waals surface area (Å²) in [5, 5.41) is 11.0. The van der Waals surface area contributed by atoms with Crippen LogP contribution in [0, 0.1) is 0 Å². The number of hydrogen-bond donors (Lipinski definition) is 2. The number of aliphatic imine (C=N–C) groups is 1. The lowest BCUT2D eigenvalue weighted by molar-refractivity contribution is -0.127. The molecule has 0 fully saturated rings. The molecule has 0 spiro atoms. The van der Waals surface area contributed by atoms with Gasteiger partial charge in [-0.25, -0.2) is 4.99 Å². The number of aromatic nitrogens is 2. The number of nitrogens with zero attached hydrogens (tertiary/aromatic N) is 4. The van der Waals surface area contributed by atoms with Gasteiger partial charge in [0.2, 0.25) is 5.91 Å². The maximum atomic E-state index is 11.9. The van der Waals surface area contributed by atoms with Crippen molar-refractivity contribution >= 4 is 35.8 Å². The van der Waals surface area contributed by atoms with E-state index in [2.05, 4.69) is 29.6 Å². The van der Waals surface area contributed by atoms with Crippen molar-refractivity contribution in [1.29, 1.82) is 0 Å². The third-order valence-corrected chi connectivity index (χ3v) is 4.57. The first-order chi connectivity index (χ1) is 13.5. The lowest BCUT2D eigenvalue weighted by Crippen LogP contribution is -2.43. The Bertz CT molecular complexity index is 783. The molecule has 0 unspecified atom stereocenters. The molecule has 0 aliphatic heterocycles. The highest BCUT2D eigenvalue weighted by atomic mass is 127. The van der Waals surface area contributed by atoms with Gasteiger partial charge in [0.05, 0.1) is 25.0 Å². The Labute approximate surface area is 190 Å². The lowest BCUT2D eigenvalue weighted by atomic mass is 10.1. The van der Waals surface area contributed by atoms with Gasteiger partial charge >= 0.3 is 0 Å². The van der Waals surface area contributed by atoms with Crippen molar-refractivity contribution in [3.8, 4) is 0 Å². The van der Waals surface area contributed by atoms with Crippen molar-refractivity contribution in [2.24, 2.45) is 12.0 Å². The molecule has 0 aromatic carbocycles. The van der Waals surface area contributed by atoms with Crippen LogP contribution in [0.25, 0.3) is 0 Å². The number of guanidine groups is 1. The van der Waals surface area contributed by atoms with Crippen LogP contribution in [0.2, 0.25) is 0 Å². The molecule has 2 heterocycles. The molecule has 0 radical (unpaired) electrons. The fourth-order valence-corrected chi connectivity index (χ4v) is 2.98. The van der Waals surface area contributed by atoms with E-state index in [9.17, 15) is 4.79 Å². The standard InChI is InChI=1S/C20H32N6O2.HI/c1-6-17-16(18(7-2)26(5)24-17)13-22-20(23-14-19(27)25(3)4)21-11-10-15-9-8-12-28-15;/h8-9,12H,6-7,10-11,13-14H2,1-5H3,(H2,21,22,23);1H. The summed E-state index contributed by atoms with van der Waals surface area (Å²) < 4.78 is 7.31. The number of hydrogen-bond acceptors (Lipinski definition) is 4. The van der Waals surface area contributed by atoms with Gasteiger partial charge in [-0.3, -0.25) is 9.48 Å². The quantitative estimate of drug-likeness (QED) is 0.303. The molecule has 2 aromatic heterocycles. The van der Waals surface area contributed by atoms with E-state index in [1.165, 1.54) is 11.3 Å². The highest BCUT2D eigenvalue weighted by molar-refractivity contribution is 14.0. The Morgan fingerprint density at radius 1 is 1.28 bits per heavy atom. The predicted molar refractivity (Wildman–Crippen MR) is 126 cm³/mol. The summed E-state index contributed by atoms with van der Waals surface area (Å²) in [5.41, 5.74) is 3.43. The van der Waals surface area contributed by atoms with Crippen LogP contribution in [-0.4, -0.2) is 53.7 Å². The number of rotatable bonds is 9. The smallest absolute Gasteiger partial charge is 0.241 e. The number of nitrogens with one attached hydrogen (secondary N) is 2. The first kappa shape index (κ1) is 25.0. The van der Waals surface area contributed by atoms with Crippen LogP contribution in [0.3, 0.4) is 0 Å². The number of halogens is 1. The van der Waals surface area contributed by atoms with Gasteiger partial charge in [-0.15, -0.1) is 24.0 Å². The molecule has 0 aliphatic rings. The molecule has 29 heavy (non-hydrogen) atoms. The molecule has 0 bridgehead atoms. The Hall–Kier alpha value is -2.04. The number of furan rings is 1. The van der Waals surface area contributed by atoms with Crippen LogP contribution in [-0.2, 0) is 37.6 Å². The van der Waals surface area contributed by atoms with Gasteiger partial charge in [0.15, 0.2) is 5.96 Å². The Balaban J connectivity index is 0.00000420. The van der Waals surface area contributed by atoms with Gasteiger partial charge < -0.3 is 20.0 Å². The minimum Gasteiger partial charge on any atom is -0.469 e. The van der Waals surface area contributed by atoms with E-state index in [-0.39, 0.29) is 36.4 Å². The first-order valence-electron chi connectivity index (χ1n) is 9.74. The average molecular weight is 516 g/mol. The molecule has 0 saturated carbocycles. The van der Waals surface area contributed by atoms with Crippen LogP contribution in [0.1, 0.15) is 36.6 Å². The Morgan fingerprint density at radius 2 is 2.03 bits per heavy atom. The van der Waals surface area contributed by atoms with Crippen molar-refractivity contribution < 1.29 is 9.21 Å². The summed E-state index contributed by atoms with van der Waals surface area (Å²) in [6.07, 6.45) is 4.18. The van der Waals surface area contributed by atoms with E-state index in [1.54, 1.807) is 25.3 Å². The SMILES string of the molecule is CCc1nn(C)c(CC)c1CN=C(NCCc1ccco1)NCC(=O)N(C)C.I. The van der Waals surface area contributed by atoms with E-state index in [1.807, 2.05) is 23.9 Å². The summed E-state index contributed by atoms with van der Waals surface area (Å²) in [7, 11) is 5.45. The Morgan fingerprint density at radius 3 is 2.62 bits per heavy atom. The fraction of sp³-hybridized carbons (Fsp3) is 0.550. The van der Waals surface area contributed by atoms with Gasteiger partial charge in [0.25, 0.3) is 0 Å². The monoisotopic (exact) mass is 516 g/mol. The maximum absolute atomic E-state index is 11.9. The summed E-state index contributed by atoms with van der Waals surface area (Å²) in [4.78, 5) is 18.2. The van der Waals surface area contributed by atoms with E-state index in [0.717, 1.165) is 30.7 Å². The van der Waals surface area contributed by atoms with Crippen LogP contribution in [0.5, 0.6) is 0 Å². The van der Waals surface area contributed by atoms with Crippen molar-refractivity contribution in [1.82, 2.24) is 25.3 Å². The largest absolute Gasteiger partial charge is 0.469 e. The first-order valence-corrected chi connectivity index (χ1v) is 9.74. The second kappa shape index (κ2) is 12.5. The van der Waals surface area contributed by atoms with Gasteiger partial charge in [0, 0.05) is 45.4 Å². The molecule has 0 atom stereocenters. The second-order valence-electron chi connectivity index (χ2n) is 6.77. The highest BCUT2D eigenvalue weighted by Gasteiger charge is 2.14. The van der Waals surface area contributed by atoms with E-state index in [0.29, 0.717) is 19.0 Å². The minimum atomic E-state index is -0.00888. The van der Waals surface area contributed by atoms with Gasteiger partial charge in [-0.2, -0.15) is 5.10 Å². The number of likely N-dealkylation sites (N-methyl/N-ethyl adjacent to an activating group) is 1. The van der Waals surface area contributed by atoms with Gasteiger partial charge in [-0.1, -0.05) is 13.8 Å². The van der Waals surface area contributed by atoms with Gasteiger partial charge in [0.1, 0.15) is 5.76 Å². The van der Waals surface area contributed by atoms with E-state index < -0.39 is 0 Å². The zero-order valence-electron chi connectivity index (χ0n) is 18.0. The molecule has 162 valence electrons. The number of amides is 1. The maximum Gasteiger partial charge on any atom is 0.241 e. The topological polar surface area (TPSA) is 87.7 Å². The minimum absolute atomic E-state index is 0. The van der Waals surface area contributed by atoms with Gasteiger partial charge in [-0.05, 0) is 25.0 Å². The average Bonchev–Trinajstić information content (AvgIpc) is 3.30. The third-order valence-electron chi connectivity index (χ3n) is 4.57. The zero-order valence-corrected chi connectivity index (χ0v) is 20.3. The number of aryl methyl sites for hydroxylation is 2. The second-order valence-corrected chi connectivity index (χ2v) is 6.77. The molecule has 1 amide bonds. The molecule has 0 saturated heterocycles. The van der Waals surface area contributed by atoms with Crippen LogP contribution in [0.15, 0.2) is 27.8 Å². The van der Waals surface area contributed by atoms with Crippen LogP contribution < -0.4 is 10.6 Å². The molecule has 2 aromatic rings. The van der Waals surface area contributed by atoms with Crippen LogP contribution in [0.4, 0.5) is 0 Å². The molecule has 0 aliphatic carbocycles. The molecule has 2 N–H and O–H groups in total. The number of carbonyl (C=O) groups is 1. The Kier molecular flexibility index (Phi) is 10.8. The van der Waals surface area contributed by atoms with E-state index in [4.69, 9.17) is 9.41 Å².